The molecule has 0 aliphatic heterocycles. The van der Waals surface area contributed by atoms with Crippen LogP contribution in [0.4, 0.5) is 0 Å². The normalized spacial score (nSPS) is 14.5. The first-order valence-corrected chi connectivity index (χ1v) is 5.50. The Hall–Kier alpha value is -1.82. The molecule has 0 aliphatic carbocycles. The van der Waals surface area contributed by atoms with E-state index in [1.165, 1.54) is 0 Å². The smallest absolute Gasteiger partial charge is 0.240 e. The predicted octanol–water partition coefficient (Wildman–Crippen LogP) is 1.24. The van der Waals surface area contributed by atoms with Gasteiger partial charge in [0.05, 0.1) is 5.92 Å². The minimum Gasteiger partial charge on any atom is -0.339 e. The van der Waals surface area contributed by atoms with Gasteiger partial charge in [0.1, 0.15) is 0 Å². The third-order valence-electron chi connectivity index (χ3n) is 2.80. The van der Waals surface area contributed by atoms with E-state index in [0.29, 0.717) is 17.5 Å². The fourth-order valence-corrected chi connectivity index (χ4v) is 1.39. The van der Waals surface area contributed by atoms with Gasteiger partial charge in [-0.3, -0.25) is 0 Å². The van der Waals surface area contributed by atoms with Crippen molar-refractivity contribution in [3.63, 3.8) is 0 Å². The van der Waals surface area contributed by atoms with Crippen LogP contribution in [0.3, 0.4) is 0 Å². The molecule has 0 aliphatic rings. The van der Waals surface area contributed by atoms with Gasteiger partial charge in [-0.15, -0.1) is 0 Å². The molecule has 2 unspecified atom stereocenters. The van der Waals surface area contributed by atoms with Crippen LogP contribution in [0.15, 0.2) is 23.0 Å². The lowest BCUT2D eigenvalue weighted by Crippen LogP contribution is -2.27. The molecule has 0 saturated carbocycles. The highest BCUT2D eigenvalue weighted by Crippen LogP contribution is 2.19. The van der Waals surface area contributed by atoms with Gasteiger partial charge in [-0.05, 0) is 20.0 Å². The largest absolute Gasteiger partial charge is 0.339 e. The Balaban J connectivity index is 2.22. The van der Waals surface area contributed by atoms with E-state index in [9.17, 15) is 0 Å². The van der Waals surface area contributed by atoms with E-state index in [4.69, 9.17) is 4.52 Å². The van der Waals surface area contributed by atoms with Gasteiger partial charge in [-0.1, -0.05) is 12.1 Å². The fraction of sp³-hybridized carbons (Fsp3) is 0.455. The Morgan fingerprint density at radius 3 is 2.53 bits per heavy atom. The molecule has 1 N–H and O–H groups in total. The summed E-state index contributed by atoms with van der Waals surface area (Å²) < 4.78 is 5.22. The van der Waals surface area contributed by atoms with Crippen LogP contribution in [0.1, 0.15) is 25.7 Å². The molecule has 0 amide bonds. The second-order valence-corrected chi connectivity index (χ2v) is 3.89. The van der Waals surface area contributed by atoms with Crippen molar-refractivity contribution in [3.8, 4) is 11.6 Å². The first kappa shape index (κ1) is 11.7. The second kappa shape index (κ2) is 5.01. The third-order valence-corrected chi connectivity index (χ3v) is 2.80. The molecule has 6 heteroatoms. The summed E-state index contributed by atoms with van der Waals surface area (Å²) in [4.78, 5) is 12.5. The van der Waals surface area contributed by atoms with Crippen LogP contribution >= 0.6 is 0 Å². The van der Waals surface area contributed by atoms with Crippen LogP contribution < -0.4 is 5.32 Å². The van der Waals surface area contributed by atoms with Crippen molar-refractivity contribution >= 4 is 0 Å². The Kier molecular flexibility index (Phi) is 3.43. The quantitative estimate of drug-likeness (QED) is 0.856. The molecule has 90 valence electrons. The van der Waals surface area contributed by atoms with Gasteiger partial charge in [0, 0.05) is 18.4 Å². The number of aromatic nitrogens is 4. The molecule has 0 aromatic carbocycles. The van der Waals surface area contributed by atoms with Crippen molar-refractivity contribution in [2.75, 3.05) is 7.05 Å². The van der Waals surface area contributed by atoms with Crippen LogP contribution in [0.25, 0.3) is 11.6 Å². The second-order valence-electron chi connectivity index (χ2n) is 3.89. The third kappa shape index (κ3) is 2.47. The number of nitrogens with zero attached hydrogens (tertiary/aromatic N) is 4. The maximum atomic E-state index is 5.22. The zero-order chi connectivity index (χ0) is 12.3. The maximum Gasteiger partial charge on any atom is 0.240 e. The zero-order valence-corrected chi connectivity index (χ0v) is 10.1. The van der Waals surface area contributed by atoms with Gasteiger partial charge in [0.25, 0.3) is 0 Å². The van der Waals surface area contributed by atoms with Crippen molar-refractivity contribution in [1.82, 2.24) is 25.4 Å². The van der Waals surface area contributed by atoms with Gasteiger partial charge in [-0.2, -0.15) is 4.98 Å². The molecule has 2 rings (SSSR count). The minimum absolute atomic E-state index is 0.143. The fourth-order valence-electron chi connectivity index (χ4n) is 1.39. The molecule has 17 heavy (non-hydrogen) atoms. The van der Waals surface area contributed by atoms with Crippen LogP contribution in [0, 0.1) is 0 Å². The average molecular weight is 233 g/mol. The summed E-state index contributed by atoms with van der Waals surface area (Å²) in [6, 6.07) is 2.01. The summed E-state index contributed by atoms with van der Waals surface area (Å²) in [6.07, 6.45) is 3.30. The van der Waals surface area contributed by atoms with Gasteiger partial charge in [-0.25, -0.2) is 9.97 Å². The van der Waals surface area contributed by atoms with Gasteiger partial charge < -0.3 is 9.84 Å². The number of nitrogens with one attached hydrogen (secondary N) is 1. The first-order valence-electron chi connectivity index (χ1n) is 5.50. The molecule has 0 fully saturated rings. The van der Waals surface area contributed by atoms with Gasteiger partial charge >= 0.3 is 0 Å². The van der Waals surface area contributed by atoms with Crippen LogP contribution in [0.2, 0.25) is 0 Å². The van der Waals surface area contributed by atoms with E-state index >= 15 is 0 Å². The lowest BCUT2D eigenvalue weighted by molar-refractivity contribution is 0.336. The highest BCUT2D eigenvalue weighted by molar-refractivity contribution is 5.40. The van der Waals surface area contributed by atoms with Crippen molar-refractivity contribution in [2.24, 2.45) is 0 Å². The molecular weight excluding hydrogens is 218 g/mol. The van der Waals surface area contributed by atoms with Crippen molar-refractivity contribution < 1.29 is 4.52 Å². The number of hydrogen-bond acceptors (Lipinski definition) is 6. The molecule has 2 aromatic rings. The van der Waals surface area contributed by atoms with E-state index in [2.05, 4.69) is 32.3 Å². The molecule has 0 radical (unpaired) electrons. The van der Waals surface area contributed by atoms with Crippen molar-refractivity contribution in [1.29, 1.82) is 0 Å². The van der Waals surface area contributed by atoms with Crippen LogP contribution in [-0.4, -0.2) is 33.2 Å². The standard InChI is InChI=1S/C11H15N5O/c1-7(8(2)12-3)11-15-10(16-17-11)9-13-5-4-6-14-9/h4-8,12H,1-3H3. The minimum atomic E-state index is 0.143. The SMILES string of the molecule is CNC(C)C(C)c1nc(-c2ncccn2)no1. The summed E-state index contributed by atoms with van der Waals surface area (Å²) in [5.74, 6) is 1.64. The van der Waals surface area contributed by atoms with E-state index in [1.807, 2.05) is 14.0 Å². The maximum absolute atomic E-state index is 5.22. The van der Waals surface area contributed by atoms with E-state index in [-0.39, 0.29) is 12.0 Å². The van der Waals surface area contributed by atoms with Crippen LogP contribution in [0.5, 0.6) is 0 Å². The molecule has 0 spiro atoms. The summed E-state index contributed by atoms with van der Waals surface area (Å²) in [7, 11) is 1.90. The van der Waals surface area contributed by atoms with Crippen molar-refractivity contribution in [3.05, 3.63) is 24.4 Å². The topological polar surface area (TPSA) is 76.7 Å². The Morgan fingerprint density at radius 2 is 1.88 bits per heavy atom. The monoisotopic (exact) mass is 233 g/mol. The first-order chi connectivity index (χ1) is 8.22. The number of likely N-dealkylation sites (N-methyl/N-ethyl adjacent to an activating group) is 1. The molecule has 2 aromatic heterocycles. The van der Waals surface area contributed by atoms with Gasteiger partial charge in [0.2, 0.25) is 17.5 Å². The molecule has 2 atom stereocenters. The lowest BCUT2D eigenvalue weighted by Gasteiger charge is -2.14. The summed E-state index contributed by atoms with van der Waals surface area (Å²) in [5.41, 5.74) is 0. The van der Waals surface area contributed by atoms with Crippen molar-refractivity contribution in [2.45, 2.75) is 25.8 Å². The van der Waals surface area contributed by atoms with Crippen LogP contribution in [-0.2, 0) is 0 Å². The van der Waals surface area contributed by atoms with Gasteiger partial charge in [0.15, 0.2) is 0 Å². The Morgan fingerprint density at radius 1 is 1.18 bits per heavy atom. The van der Waals surface area contributed by atoms with E-state index in [0.717, 1.165) is 0 Å². The average Bonchev–Trinajstić information content (AvgIpc) is 2.87. The molecule has 2 heterocycles. The lowest BCUT2D eigenvalue weighted by atomic mass is 10.0. The molecule has 6 nitrogen and oxygen atoms in total. The molecule has 0 bridgehead atoms. The molecular formula is C11H15N5O. The predicted molar refractivity (Wildman–Crippen MR) is 62.3 cm³/mol. The highest BCUT2D eigenvalue weighted by atomic mass is 16.5. The highest BCUT2D eigenvalue weighted by Gasteiger charge is 2.20. The summed E-state index contributed by atoms with van der Waals surface area (Å²) in [5, 5.41) is 7.04. The molecule has 0 saturated heterocycles. The zero-order valence-electron chi connectivity index (χ0n) is 10.1. The number of rotatable bonds is 4. The Labute approximate surface area is 99.5 Å². The summed E-state index contributed by atoms with van der Waals surface area (Å²) in [6.45, 7) is 4.10. The number of hydrogen-bond donors (Lipinski definition) is 1. The van der Waals surface area contributed by atoms with E-state index < -0.39 is 0 Å². The Bertz CT molecular complexity index is 470. The summed E-state index contributed by atoms with van der Waals surface area (Å²) >= 11 is 0. The van der Waals surface area contributed by atoms with E-state index in [1.54, 1.807) is 18.5 Å².